The molecule has 94 valence electrons. The molecular weight excluding hydrogens is 224 g/mol. The van der Waals surface area contributed by atoms with Gasteiger partial charge in [-0.05, 0) is 20.8 Å². The molecule has 0 amide bonds. The first-order valence-electron chi connectivity index (χ1n) is 5.41. The van der Waals surface area contributed by atoms with E-state index in [1.54, 1.807) is 19.1 Å². The number of cyclic esters (lactones) is 1. The molecule has 1 aliphatic rings. The molecule has 0 aromatic rings. The van der Waals surface area contributed by atoms with Crippen molar-refractivity contribution in [2.75, 3.05) is 13.2 Å². The lowest BCUT2D eigenvalue weighted by Gasteiger charge is -2.17. The van der Waals surface area contributed by atoms with E-state index in [4.69, 9.17) is 14.2 Å². The molecule has 0 fully saturated rings. The summed E-state index contributed by atoms with van der Waals surface area (Å²) in [5.41, 5.74) is -1.38. The van der Waals surface area contributed by atoms with Crippen LogP contribution in [-0.2, 0) is 23.8 Å². The van der Waals surface area contributed by atoms with Crippen LogP contribution in [0.25, 0.3) is 0 Å². The van der Waals surface area contributed by atoms with Crippen LogP contribution < -0.4 is 0 Å². The van der Waals surface area contributed by atoms with Crippen molar-refractivity contribution in [1.29, 1.82) is 0 Å². The third-order valence-corrected chi connectivity index (χ3v) is 2.16. The van der Waals surface area contributed by atoms with Gasteiger partial charge >= 0.3 is 11.9 Å². The zero-order chi connectivity index (χ0) is 12.9. The first-order chi connectivity index (χ1) is 8.03. The Kier molecular flexibility index (Phi) is 4.31. The molecule has 1 rings (SSSR count). The second-order valence-corrected chi connectivity index (χ2v) is 3.61. The Morgan fingerprint density at radius 2 is 2.29 bits per heavy atom. The molecule has 0 saturated heterocycles. The Hall–Kier alpha value is -1.78. The van der Waals surface area contributed by atoms with Gasteiger partial charge in [0.25, 0.3) is 0 Å². The number of carbonyl (C=O) groups is 2. The molecule has 5 nitrogen and oxygen atoms in total. The highest BCUT2D eigenvalue weighted by Crippen LogP contribution is 2.26. The molecule has 0 bridgehead atoms. The lowest BCUT2D eigenvalue weighted by Crippen LogP contribution is -2.36. The monoisotopic (exact) mass is 240 g/mol. The van der Waals surface area contributed by atoms with E-state index in [0.29, 0.717) is 0 Å². The van der Waals surface area contributed by atoms with Crippen molar-refractivity contribution >= 4 is 11.9 Å². The van der Waals surface area contributed by atoms with Crippen LogP contribution >= 0.6 is 0 Å². The minimum Gasteiger partial charge on any atom is -0.482 e. The first kappa shape index (κ1) is 13.3. The molecule has 0 saturated carbocycles. The molecule has 1 heterocycles. The van der Waals surface area contributed by atoms with Crippen molar-refractivity contribution in [3.63, 3.8) is 0 Å². The predicted octanol–water partition coefficient (Wildman–Crippen LogP) is 1.34. The Bertz CT molecular complexity index is 369. The molecule has 1 aliphatic heterocycles. The Balaban J connectivity index is 2.72. The molecule has 1 unspecified atom stereocenters. The SMILES string of the molecule is C/C=C/COC1=CC(C)(C(=O)OCC)OC1=O. The van der Waals surface area contributed by atoms with Gasteiger partial charge in [0.15, 0.2) is 0 Å². The fraction of sp³-hybridized carbons (Fsp3) is 0.500. The van der Waals surface area contributed by atoms with E-state index in [2.05, 4.69) is 0 Å². The average molecular weight is 240 g/mol. The fourth-order valence-electron chi connectivity index (χ4n) is 1.29. The number of esters is 2. The third kappa shape index (κ3) is 3.09. The number of allylic oxidation sites excluding steroid dienone is 1. The van der Waals surface area contributed by atoms with Gasteiger partial charge in [-0.3, -0.25) is 0 Å². The normalized spacial score (nSPS) is 23.5. The van der Waals surface area contributed by atoms with Gasteiger partial charge in [-0.2, -0.15) is 0 Å². The second-order valence-electron chi connectivity index (χ2n) is 3.61. The largest absolute Gasteiger partial charge is 0.482 e. The minimum atomic E-state index is -1.38. The maximum atomic E-state index is 11.6. The standard InChI is InChI=1S/C12H16O5/c1-4-6-7-16-9-8-12(3,17-10(9)13)11(14)15-5-2/h4,6,8H,5,7H2,1-3H3/b6-4+. The van der Waals surface area contributed by atoms with Gasteiger partial charge in [-0.15, -0.1) is 0 Å². The zero-order valence-corrected chi connectivity index (χ0v) is 10.2. The summed E-state index contributed by atoms with van der Waals surface area (Å²) in [5.74, 6) is -1.21. The first-order valence-corrected chi connectivity index (χ1v) is 5.41. The lowest BCUT2D eigenvalue weighted by molar-refractivity contribution is -0.170. The van der Waals surface area contributed by atoms with Crippen molar-refractivity contribution in [2.24, 2.45) is 0 Å². The molecule has 0 N–H and O–H groups in total. The summed E-state index contributed by atoms with van der Waals surface area (Å²) >= 11 is 0. The van der Waals surface area contributed by atoms with Gasteiger partial charge in [-0.25, -0.2) is 9.59 Å². The van der Waals surface area contributed by atoms with Crippen molar-refractivity contribution in [2.45, 2.75) is 26.4 Å². The molecular formula is C12H16O5. The second kappa shape index (κ2) is 5.52. The number of carbonyl (C=O) groups excluding carboxylic acids is 2. The van der Waals surface area contributed by atoms with E-state index < -0.39 is 17.5 Å². The van der Waals surface area contributed by atoms with Crippen LogP contribution in [0.5, 0.6) is 0 Å². The van der Waals surface area contributed by atoms with Crippen molar-refractivity contribution < 1.29 is 23.8 Å². The van der Waals surface area contributed by atoms with E-state index in [-0.39, 0.29) is 19.0 Å². The highest BCUT2D eigenvalue weighted by atomic mass is 16.6. The number of ether oxygens (including phenoxy) is 3. The smallest absolute Gasteiger partial charge is 0.374 e. The van der Waals surface area contributed by atoms with Gasteiger partial charge in [0, 0.05) is 6.08 Å². The summed E-state index contributed by atoms with van der Waals surface area (Å²) in [5, 5.41) is 0. The molecule has 0 radical (unpaired) electrons. The summed E-state index contributed by atoms with van der Waals surface area (Å²) in [6.07, 6.45) is 4.89. The Morgan fingerprint density at radius 3 is 2.88 bits per heavy atom. The van der Waals surface area contributed by atoms with E-state index in [0.717, 1.165) is 0 Å². The van der Waals surface area contributed by atoms with Crippen molar-refractivity contribution in [3.8, 4) is 0 Å². The highest BCUT2D eigenvalue weighted by Gasteiger charge is 2.44. The zero-order valence-electron chi connectivity index (χ0n) is 10.2. The third-order valence-electron chi connectivity index (χ3n) is 2.16. The van der Waals surface area contributed by atoms with Crippen LogP contribution in [0, 0.1) is 0 Å². The molecule has 1 atom stereocenters. The number of hydrogen-bond donors (Lipinski definition) is 0. The number of hydrogen-bond acceptors (Lipinski definition) is 5. The van der Waals surface area contributed by atoms with Crippen LogP contribution in [0.4, 0.5) is 0 Å². The maximum Gasteiger partial charge on any atom is 0.374 e. The van der Waals surface area contributed by atoms with Crippen LogP contribution in [-0.4, -0.2) is 30.8 Å². The van der Waals surface area contributed by atoms with Gasteiger partial charge in [0.05, 0.1) is 6.61 Å². The molecule has 17 heavy (non-hydrogen) atoms. The summed E-state index contributed by atoms with van der Waals surface area (Å²) in [6.45, 7) is 5.48. The maximum absolute atomic E-state index is 11.6. The summed E-state index contributed by atoms with van der Waals surface area (Å²) < 4.78 is 14.9. The van der Waals surface area contributed by atoms with Crippen LogP contribution in [0.3, 0.4) is 0 Å². The quantitative estimate of drug-likeness (QED) is 0.536. The van der Waals surface area contributed by atoms with Gasteiger partial charge < -0.3 is 14.2 Å². The highest BCUT2D eigenvalue weighted by molar-refractivity contribution is 5.96. The van der Waals surface area contributed by atoms with Gasteiger partial charge in [0.1, 0.15) is 6.61 Å². The van der Waals surface area contributed by atoms with Crippen molar-refractivity contribution in [3.05, 3.63) is 24.0 Å². The van der Waals surface area contributed by atoms with Gasteiger partial charge in [-0.1, -0.05) is 12.2 Å². The van der Waals surface area contributed by atoms with E-state index in [1.807, 2.05) is 6.92 Å². The van der Waals surface area contributed by atoms with Crippen LogP contribution in [0.2, 0.25) is 0 Å². The van der Waals surface area contributed by atoms with Gasteiger partial charge in [0.2, 0.25) is 11.4 Å². The topological polar surface area (TPSA) is 61.8 Å². The van der Waals surface area contributed by atoms with Crippen LogP contribution in [0.1, 0.15) is 20.8 Å². The predicted molar refractivity (Wildman–Crippen MR) is 60.0 cm³/mol. The molecule has 0 spiro atoms. The summed E-state index contributed by atoms with van der Waals surface area (Å²) in [7, 11) is 0. The van der Waals surface area contributed by atoms with E-state index >= 15 is 0 Å². The minimum absolute atomic E-state index is 0.0404. The average Bonchev–Trinajstić information content (AvgIpc) is 2.56. The van der Waals surface area contributed by atoms with E-state index in [1.165, 1.54) is 13.0 Å². The molecule has 0 aromatic carbocycles. The summed E-state index contributed by atoms with van der Waals surface area (Å²) in [4.78, 5) is 23.0. The molecule has 0 aliphatic carbocycles. The lowest BCUT2D eigenvalue weighted by atomic mass is 10.1. The van der Waals surface area contributed by atoms with Crippen molar-refractivity contribution in [1.82, 2.24) is 0 Å². The van der Waals surface area contributed by atoms with E-state index in [9.17, 15) is 9.59 Å². The fourth-order valence-corrected chi connectivity index (χ4v) is 1.29. The summed E-state index contributed by atoms with van der Waals surface area (Å²) in [6, 6.07) is 0. The molecule has 5 heteroatoms. The molecule has 0 aromatic heterocycles. The Morgan fingerprint density at radius 1 is 1.59 bits per heavy atom. The Labute approximate surface area is 100 Å². The van der Waals surface area contributed by atoms with Crippen LogP contribution in [0.15, 0.2) is 24.0 Å². The number of rotatable bonds is 5.